The molecule has 1 N–H and O–H groups in total. The minimum Gasteiger partial charge on any atom is -0.489 e. The molecule has 0 radical (unpaired) electrons. The SMILES string of the molecule is C1=NN(c2ccccc2NCc2ccncc2)CN1c1ccc(OCc2ccccc2)cc1. The molecule has 0 aliphatic carbocycles. The van der Waals surface area contributed by atoms with Crippen molar-refractivity contribution in [2.45, 2.75) is 13.2 Å². The van der Waals surface area contributed by atoms with Crippen LogP contribution in [-0.4, -0.2) is 18.0 Å². The van der Waals surface area contributed by atoms with Crippen LogP contribution in [0.4, 0.5) is 17.1 Å². The van der Waals surface area contributed by atoms with E-state index in [-0.39, 0.29) is 0 Å². The lowest BCUT2D eigenvalue weighted by Crippen LogP contribution is -2.26. The molecule has 2 heterocycles. The zero-order valence-electron chi connectivity index (χ0n) is 18.2. The van der Waals surface area contributed by atoms with Gasteiger partial charge in [-0.2, -0.15) is 5.10 Å². The number of nitrogens with one attached hydrogen (secondary N) is 1. The number of pyridine rings is 1. The van der Waals surface area contributed by atoms with E-state index < -0.39 is 0 Å². The standard InChI is InChI=1S/C27H25N5O/c1-2-6-23(7-3-1)19-33-25-12-10-24(11-13-25)31-20-30-32(21-31)27-9-5-4-8-26(27)29-18-22-14-16-28-17-15-22/h1-17,20,29H,18-19,21H2. The third kappa shape index (κ3) is 5.13. The number of ether oxygens (including phenoxy) is 1. The smallest absolute Gasteiger partial charge is 0.119 e. The van der Waals surface area contributed by atoms with Crippen molar-refractivity contribution in [1.82, 2.24) is 4.98 Å². The second-order valence-corrected chi connectivity index (χ2v) is 7.74. The molecule has 0 saturated heterocycles. The van der Waals surface area contributed by atoms with E-state index in [1.54, 1.807) is 0 Å². The maximum absolute atomic E-state index is 5.90. The average molecular weight is 436 g/mol. The first kappa shape index (κ1) is 20.6. The lowest BCUT2D eigenvalue weighted by molar-refractivity contribution is 0.306. The first-order valence-corrected chi connectivity index (χ1v) is 10.9. The predicted octanol–water partition coefficient (Wildman–Crippen LogP) is 5.50. The van der Waals surface area contributed by atoms with Crippen LogP contribution in [0.15, 0.2) is 108 Å². The minimum atomic E-state index is 0.558. The fraction of sp³-hybridized carbons (Fsp3) is 0.111. The summed E-state index contributed by atoms with van der Waals surface area (Å²) in [5.41, 5.74) is 5.47. The zero-order valence-corrected chi connectivity index (χ0v) is 18.2. The normalized spacial score (nSPS) is 12.7. The van der Waals surface area contributed by atoms with Gasteiger partial charge in [-0.05, 0) is 59.7 Å². The Morgan fingerprint density at radius 1 is 0.788 bits per heavy atom. The van der Waals surface area contributed by atoms with Crippen molar-refractivity contribution in [2.75, 3.05) is 21.9 Å². The number of aromatic nitrogens is 1. The van der Waals surface area contributed by atoms with Crippen molar-refractivity contribution in [3.8, 4) is 5.75 Å². The van der Waals surface area contributed by atoms with Gasteiger partial charge in [0.05, 0.1) is 11.4 Å². The predicted molar refractivity (Wildman–Crippen MR) is 134 cm³/mol. The zero-order chi connectivity index (χ0) is 22.3. The molecule has 0 unspecified atom stereocenters. The first-order chi connectivity index (χ1) is 16.3. The highest BCUT2D eigenvalue weighted by Crippen LogP contribution is 2.30. The van der Waals surface area contributed by atoms with E-state index in [0.717, 1.165) is 34.9 Å². The van der Waals surface area contributed by atoms with E-state index >= 15 is 0 Å². The van der Waals surface area contributed by atoms with Crippen LogP contribution in [0.3, 0.4) is 0 Å². The van der Waals surface area contributed by atoms with Crippen LogP contribution < -0.4 is 20.0 Å². The Balaban J connectivity index is 1.21. The molecule has 1 aromatic heterocycles. The molecule has 0 bridgehead atoms. The van der Waals surface area contributed by atoms with Gasteiger partial charge in [0.1, 0.15) is 25.4 Å². The fourth-order valence-corrected chi connectivity index (χ4v) is 3.65. The quantitative estimate of drug-likeness (QED) is 0.396. The van der Waals surface area contributed by atoms with Crippen LogP contribution in [0.25, 0.3) is 0 Å². The molecule has 0 atom stereocenters. The van der Waals surface area contributed by atoms with Crippen molar-refractivity contribution in [3.63, 3.8) is 0 Å². The molecule has 0 fully saturated rings. The third-order valence-corrected chi connectivity index (χ3v) is 5.45. The van der Waals surface area contributed by atoms with Gasteiger partial charge in [-0.1, -0.05) is 42.5 Å². The lowest BCUT2D eigenvalue weighted by Gasteiger charge is -2.22. The number of anilines is 3. The Bertz CT molecular complexity index is 1200. The largest absolute Gasteiger partial charge is 0.489 e. The van der Waals surface area contributed by atoms with Crippen LogP contribution in [0, 0.1) is 0 Å². The highest BCUT2D eigenvalue weighted by atomic mass is 16.5. The molecule has 1 aliphatic heterocycles. The summed E-state index contributed by atoms with van der Waals surface area (Å²) in [5.74, 6) is 0.848. The Morgan fingerprint density at radius 2 is 1.55 bits per heavy atom. The average Bonchev–Trinajstić information content (AvgIpc) is 3.38. The summed E-state index contributed by atoms with van der Waals surface area (Å²) < 4.78 is 5.90. The van der Waals surface area contributed by atoms with Gasteiger partial charge >= 0.3 is 0 Å². The van der Waals surface area contributed by atoms with E-state index in [4.69, 9.17) is 4.74 Å². The molecule has 164 valence electrons. The lowest BCUT2D eigenvalue weighted by atomic mass is 10.2. The van der Waals surface area contributed by atoms with Gasteiger partial charge in [0.15, 0.2) is 0 Å². The number of rotatable bonds is 8. The topological polar surface area (TPSA) is 53.0 Å². The summed E-state index contributed by atoms with van der Waals surface area (Å²) in [4.78, 5) is 6.19. The number of hydrazone groups is 1. The van der Waals surface area contributed by atoms with Gasteiger partial charge in [0, 0.05) is 24.6 Å². The Labute approximate surface area is 193 Å². The van der Waals surface area contributed by atoms with Crippen molar-refractivity contribution < 1.29 is 4.74 Å². The molecule has 5 rings (SSSR count). The summed E-state index contributed by atoms with van der Waals surface area (Å²) >= 11 is 0. The molecule has 4 aromatic rings. The number of hydrogen-bond acceptors (Lipinski definition) is 6. The molecule has 0 amide bonds. The van der Waals surface area contributed by atoms with Gasteiger partial charge in [0.2, 0.25) is 0 Å². The second-order valence-electron chi connectivity index (χ2n) is 7.74. The maximum atomic E-state index is 5.90. The van der Waals surface area contributed by atoms with E-state index in [1.807, 2.05) is 78.3 Å². The highest BCUT2D eigenvalue weighted by molar-refractivity contribution is 5.85. The van der Waals surface area contributed by atoms with Gasteiger partial charge in [0.25, 0.3) is 0 Å². The van der Waals surface area contributed by atoms with Crippen molar-refractivity contribution in [3.05, 3.63) is 115 Å². The fourth-order valence-electron chi connectivity index (χ4n) is 3.65. The molecular formula is C27H25N5O. The Morgan fingerprint density at radius 3 is 2.36 bits per heavy atom. The van der Waals surface area contributed by atoms with E-state index in [1.165, 1.54) is 5.56 Å². The van der Waals surface area contributed by atoms with Gasteiger partial charge in [-0.3, -0.25) is 4.98 Å². The molecule has 3 aromatic carbocycles. The van der Waals surface area contributed by atoms with Crippen LogP contribution in [-0.2, 0) is 13.2 Å². The van der Waals surface area contributed by atoms with Crippen molar-refractivity contribution >= 4 is 23.4 Å². The number of nitrogens with zero attached hydrogens (tertiary/aromatic N) is 4. The minimum absolute atomic E-state index is 0.558. The third-order valence-electron chi connectivity index (χ3n) is 5.45. The summed E-state index contributed by atoms with van der Waals surface area (Å²) in [5, 5.41) is 10.1. The van der Waals surface area contributed by atoms with Crippen molar-refractivity contribution in [1.29, 1.82) is 0 Å². The van der Waals surface area contributed by atoms with Gasteiger partial charge < -0.3 is 15.0 Å². The Hall–Kier alpha value is -4.32. The van der Waals surface area contributed by atoms with Crippen molar-refractivity contribution in [2.24, 2.45) is 5.10 Å². The molecular weight excluding hydrogens is 410 g/mol. The number of benzene rings is 3. The maximum Gasteiger partial charge on any atom is 0.119 e. The highest BCUT2D eigenvalue weighted by Gasteiger charge is 2.19. The second kappa shape index (κ2) is 9.87. The van der Waals surface area contributed by atoms with E-state index in [2.05, 4.69) is 56.7 Å². The molecule has 6 nitrogen and oxygen atoms in total. The number of hydrogen-bond donors (Lipinski definition) is 1. The molecule has 33 heavy (non-hydrogen) atoms. The van der Waals surface area contributed by atoms with Crippen LogP contribution in [0.1, 0.15) is 11.1 Å². The molecule has 0 saturated carbocycles. The van der Waals surface area contributed by atoms with E-state index in [0.29, 0.717) is 13.3 Å². The molecule has 0 spiro atoms. The monoisotopic (exact) mass is 435 g/mol. The summed E-state index contributed by atoms with van der Waals surface area (Å²) in [7, 11) is 0. The Kier molecular flexibility index (Phi) is 6.15. The van der Waals surface area contributed by atoms with Gasteiger partial charge in [-0.15, -0.1) is 0 Å². The summed E-state index contributed by atoms with van der Waals surface area (Å²) in [6, 6.07) is 30.5. The first-order valence-electron chi connectivity index (χ1n) is 10.9. The van der Waals surface area contributed by atoms with Crippen LogP contribution >= 0.6 is 0 Å². The summed E-state index contributed by atoms with van der Waals surface area (Å²) in [6.07, 6.45) is 5.48. The number of para-hydroxylation sites is 2. The van der Waals surface area contributed by atoms with Crippen LogP contribution in [0.2, 0.25) is 0 Å². The van der Waals surface area contributed by atoms with Gasteiger partial charge in [-0.25, -0.2) is 5.01 Å². The molecule has 6 heteroatoms. The summed E-state index contributed by atoms with van der Waals surface area (Å²) in [6.45, 7) is 1.92. The van der Waals surface area contributed by atoms with E-state index in [9.17, 15) is 0 Å². The molecule has 1 aliphatic rings. The van der Waals surface area contributed by atoms with Crippen LogP contribution in [0.5, 0.6) is 5.75 Å².